The lowest BCUT2D eigenvalue weighted by molar-refractivity contribution is 0.470. The minimum Gasteiger partial charge on any atom is -0.453 e. The van der Waals surface area contributed by atoms with Crippen molar-refractivity contribution in [3.05, 3.63) is 48.0 Å². The molecular formula is C24H32NO. The quantitative estimate of drug-likeness (QED) is 0.323. The summed E-state index contributed by atoms with van der Waals surface area (Å²) in [5.41, 5.74) is 3.29. The van der Waals surface area contributed by atoms with E-state index >= 15 is 0 Å². The summed E-state index contributed by atoms with van der Waals surface area (Å²) in [5, 5.41) is 4.85. The predicted octanol–water partition coefficient (Wildman–Crippen LogP) is 7.82. The number of rotatable bonds is 11. The fourth-order valence-electron chi connectivity index (χ4n) is 3.66. The van der Waals surface area contributed by atoms with E-state index in [-0.39, 0.29) is 0 Å². The van der Waals surface area contributed by atoms with Crippen LogP contribution in [0.1, 0.15) is 76.7 Å². The van der Waals surface area contributed by atoms with E-state index in [0.717, 1.165) is 29.3 Å². The molecule has 1 heterocycles. The Bertz CT molecular complexity index is 680. The molecule has 3 rings (SSSR count). The molecule has 0 N–H and O–H groups in total. The van der Waals surface area contributed by atoms with Crippen LogP contribution in [0.25, 0.3) is 0 Å². The number of fused-ring (bicyclic) bond motifs is 2. The number of hydrogen-bond acceptors (Lipinski definition) is 1. The molecule has 0 aromatic heterocycles. The highest BCUT2D eigenvalue weighted by molar-refractivity contribution is 5.70. The van der Waals surface area contributed by atoms with Crippen molar-refractivity contribution in [2.45, 2.75) is 77.6 Å². The van der Waals surface area contributed by atoms with Crippen molar-refractivity contribution in [3.63, 3.8) is 0 Å². The highest BCUT2D eigenvalue weighted by atomic mass is 16.5. The summed E-state index contributed by atoms with van der Waals surface area (Å²) in [6.07, 6.45) is 14.8. The first-order valence-electron chi connectivity index (χ1n) is 10.5. The number of nitrogens with zero attached hydrogens (tertiary/aromatic N) is 1. The van der Waals surface area contributed by atoms with Gasteiger partial charge in [0, 0.05) is 0 Å². The zero-order chi connectivity index (χ0) is 18.0. The van der Waals surface area contributed by atoms with Gasteiger partial charge in [0.25, 0.3) is 0 Å². The van der Waals surface area contributed by atoms with Crippen LogP contribution >= 0.6 is 0 Å². The number of unbranched alkanes of at least 4 members (excludes halogenated alkanes) is 9. The van der Waals surface area contributed by atoms with E-state index in [4.69, 9.17) is 10.1 Å². The van der Waals surface area contributed by atoms with Crippen molar-refractivity contribution in [2.75, 3.05) is 0 Å². The van der Waals surface area contributed by atoms with Gasteiger partial charge in [-0.05, 0) is 36.6 Å². The molecule has 0 spiro atoms. The summed E-state index contributed by atoms with van der Waals surface area (Å²) in [6.45, 7) is 2.28. The molecule has 26 heavy (non-hydrogen) atoms. The Balaban J connectivity index is 1.39. The Labute approximate surface area is 159 Å². The predicted molar refractivity (Wildman–Crippen MR) is 110 cm³/mol. The lowest BCUT2D eigenvalue weighted by Crippen LogP contribution is -2.04. The van der Waals surface area contributed by atoms with Crippen LogP contribution in [0, 0.1) is 0 Å². The van der Waals surface area contributed by atoms with Gasteiger partial charge >= 0.3 is 0 Å². The van der Waals surface area contributed by atoms with Crippen molar-refractivity contribution in [2.24, 2.45) is 0 Å². The van der Waals surface area contributed by atoms with Crippen LogP contribution in [0.3, 0.4) is 0 Å². The third-order valence-electron chi connectivity index (χ3n) is 5.20. The number of ether oxygens (including phenoxy) is 1. The first kappa shape index (κ1) is 18.8. The van der Waals surface area contributed by atoms with Gasteiger partial charge in [-0.15, -0.1) is 0 Å². The summed E-state index contributed by atoms with van der Waals surface area (Å²) in [7, 11) is 0. The maximum atomic E-state index is 6.02. The molecule has 2 aromatic carbocycles. The van der Waals surface area contributed by atoms with Crippen molar-refractivity contribution in [3.8, 4) is 11.5 Å². The Kier molecular flexibility index (Phi) is 7.42. The van der Waals surface area contributed by atoms with Gasteiger partial charge in [0.2, 0.25) is 0 Å². The number of hydrogen-bond donors (Lipinski definition) is 0. The minimum atomic E-state index is 0.857. The first-order valence-corrected chi connectivity index (χ1v) is 10.5. The zero-order valence-electron chi connectivity index (χ0n) is 16.2. The fraction of sp³-hybridized carbons (Fsp3) is 0.500. The number of aryl methyl sites for hydroxylation is 1. The molecule has 0 saturated heterocycles. The van der Waals surface area contributed by atoms with E-state index in [1.807, 2.05) is 30.3 Å². The zero-order valence-corrected chi connectivity index (χ0v) is 16.2. The topological polar surface area (TPSA) is 23.3 Å². The maximum absolute atomic E-state index is 6.02. The second-order valence-corrected chi connectivity index (χ2v) is 7.38. The van der Waals surface area contributed by atoms with Crippen molar-refractivity contribution >= 4 is 11.4 Å². The van der Waals surface area contributed by atoms with Gasteiger partial charge in [0.1, 0.15) is 11.4 Å². The molecule has 0 fully saturated rings. The van der Waals surface area contributed by atoms with Crippen LogP contribution in [0.15, 0.2) is 42.5 Å². The van der Waals surface area contributed by atoms with Crippen molar-refractivity contribution in [1.82, 2.24) is 5.32 Å². The normalized spacial score (nSPS) is 12.0. The molecule has 1 aliphatic heterocycles. The van der Waals surface area contributed by atoms with Gasteiger partial charge in [-0.1, -0.05) is 89.0 Å². The van der Waals surface area contributed by atoms with E-state index in [9.17, 15) is 0 Å². The average molecular weight is 351 g/mol. The lowest BCUT2D eigenvalue weighted by atomic mass is 10.0. The Morgan fingerprint density at radius 1 is 0.692 bits per heavy atom. The smallest absolute Gasteiger partial charge is 0.153 e. The highest BCUT2D eigenvalue weighted by Gasteiger charge is 2.19. The highest BCUT2D eigenvalue weighted by Crippen LogP contribution is 2.43. The second-order valence-electron chi connectivity index (χ2n) is 7.38. The molecule has 2 aromatic rings. The third kappa shape index (κ3) is 5.27. The Morgan fingerprint density at radius 3 is 2.12 bits per heavy atom. The largest absolute Gasteiger partial charge is 0.453 e. The molecule has 0 unspecified atom stereocenters. The van der Waals surface area contributed by atoms with Crippen LogP contribution in [0.4, 0.5) is 11.4 Å². The minimum absolute atomic E-state index is 0.857. The fourth-order valence-corrected chi connectivity index (χ4v) is 3.66. The van der Waals surface area contributed by atoms with E-state index in [1.54, 1.807) is 0 Å². The Hall–Kier alpha value is -1.96. The third-order valence-corrected chi connectivity index (χ3v) is 5.20. The van der Waals surface area contributed by atoms with Gasteiger partial charge in [-0.3, -0.25) is 0 Å². The van der Waals surface area contributed by atoms with Crippen molar-refractivity contribution < 1.29 is 4.74 Å². The molecule has 0 bridgehead atoms. The molecule has 0 amide bonds. The lowest BCUT2D eigenvalue weighted by Gasteiger charge is -2.21. The summed E-state index contributed by atoms with van der Waals surface area (Å²) >= 11 is 0. The summed E-state index contributed by atoms with van der Waals surface area (Å²) in [4.78, 5) is 0. The van der Waals surface area contributed by atoms with Crippen LogP contribution in [-0.2, 0) is 6.42 Å². The molecule has 1 radical (unpaired) electrons. The van der Waals surface area contributed by atoms with Gasteiger partial charge in [0.05, 0.1) is 0 Å². The van der Waals surface area contributed by atoms with E-state index in [1.165, 1.54) is 69.8 Å². The maximum Gasteiger partial charge on any atom is 0.153 e. The second kappa shape index (κ2) is 10.3. The standard InChI is InChI=1S/C24H32NO/c1-2-3-4-5-6-7-8-9-10-11-15-20-16-14-19-23-24(20)25-21-17-12-13-18-22(21)26-23/h12-14,16-19H,2-11,15H2,1H3. The average Bonchev–Trinajstić information content (AvgIpc) is 2.68. The molecule has 2 nitrogen and oxygen atoms in total. The van der Waals surface area contributed by atoms with Crippen molar-refractivity contribution in [1.29, 1.82) is 0 Å². The van der Waals surface area contributed by atoms with Crippen LogP contribution in [0.5, 0.6) is 11.5 Å². The molecule has 2 heteroatoms. The summed E-state index contributed by atoms with van der Waals surface area (Å²) < 4.78 is 6.02. The number of para-hydroxylation sites is 3. The van der Waals surface area contributed by atoms with E-state index in [0.29, 0.717) is 0 Å². The van der Waals surface area contributed by atoms with Gasteiger partial charge in [-0.2, -0.15) is 0 Å². The number of benzene rings is 2. The summed E-state index contributed by atoms with van der Waals surface area (Å²) in [5.74, 6) is 1.75. The van der Waals surface area contributed by atoms with Crippen LogP contribution in [0.2, 0.25) is 0 Å². The molecule has 0 saturated carbocycles. The summed E-state index contributed by atoms with van der Waals surface area (Å²) in [6, 6.07) is 14.3. The SMILES string of the molecule is CCCCCCCCCCCCc1cccc2c1[N]c1ccccc1O2. The van der Waals surface area contributed by atoms with Gasteiger partial charge < -0.3 is 4.74 Å². The van der Waals surface area contributed by atoms with Gasteiger partial charge in [-0.25, -0.2) is 5.32 Å². The van der Waals surface area contributed by atoms with Gasteiger partial charge in [0.15, 0.2) is 11.5 Å². The van der Waals surface area contributed by atoms with Crippen LogP contribution in [-0.4, -0.2) is 0 Å². The monoisotopic (exact) mass is 350 g/mol. The Morgan fingerprint density at radius 2 is 1.35 bits per heavy atom. The molecule has 1 aliphatic rings. The van der Waals surface area contributed by atoms with Crippen LogP contribution < -0.4 is 10.1 Å². The van der Waals surface area contributed by atoms with E-state index in [2.05, 4.69) is 19.1 Å². The van der Waals surface area contributed by atoms with E-state index < -0.39 is 0 Å². The molecule has 139 valence electrons. The molecule has 0 aliphatic carbocycles. The molecular weight excluding hydrogens is 318 g/mol. The first-order chi connectivity index (χ1) is 12.9. The molecule has 0 atom stereocenters.